The molecule has 0 aliphatic carbocycles. The van der Waals surface area contributed by atoms with Crippen molar-refractivity contribution in [3.63, 3.8) is 0 Å². The third-order valence-corrected chi connectivity index (χ3v) is 2.77. The van der Waals surface area contributed by atoms with Gasteiger partial charge in [0.15, 0.2) is 0 Å². The molecule has 0 aromatic heterocycles. The van der Waals surface area contributed by atoms with Gasteiger partial charge in [-0.15, -0.1) is 0 Å². The minimum Gasteiger partial charge on any atom is -0.409 e. The third kappa shape index (κ3) is 3.64. The predicted octanol–water partition coefficient (Wildman–Crippen LogP) is 1.56. The van der Waals surface area contributed by atoms with Crippen molar-refractivity contribution in [1.29, 1.82) is 0 Å². The second-order valence-electron chi connectivity index (χ2n) is 4.18. The van der Waals surface area contributed by atoms with Crippen LogP contribution in [0.15, 0.2) is 23.4 Å². The molecule has 19 heavy (non-hydrogen) atoms. The quantitative estimate of drug-likeness (QED) is 0.377. The Morgan fingerprint density at radius 1 is 1.53 bits per heavy atom. The summed E-state index contributed by atoms with van der Waals surface area (Å²) >= 11 is 0. The topological polar surface area (TPSA) is 78.9 Å². The lowest BCUT2D eigenvalue weighted by molar-refractivity contribution is 0.0742. The van der Waals surface area contributed by atoms with Crippen LogP contribution >= 0.6 is 0 Å². The number of carbonyl (C=O) groups is 1. The number of oxime groups is 1. The summed E-state index contributed by atoms with van der Waals surface area (Å²) in [5, 5.41) is 11.2. The highest BCUT2D eigenvalue weighted by Gasteiger charge is 2.21. The maximum atomic E-state index is 13.5. The first-order valence-electron chi connectivity index (χ1n) is 5.55. The average Bonchev–Trinajstić information content (AvgIpc) is 2.39. The van der Waals surface area contributed by atoms with E-state index >= 15 is 0 Å². The number of nitrogens with zero attached hydrogens (tertiary/aromatic N) is 2. The van der Waals surface area contributed by atoms with Gasteiger partial charge in [0.1, 0.15) is 17.5 Å². The molecule has 0 spiro atoms. The van der Waals surface area contributed by atoms with E-state index in [0.29, 0.717) is 0 Å². The van der Waals surface area contributed by atoms with Gasteiger partial charge in [-0.1, -0.05) is 5.16 Å². The summed E-state index contributed by atoms with van der Waals surface area (Å²) in [6.45, 7) is 1.65. The Bertz CT molecular complexity index is 506. The summed E-state index contributed by atoms with van der Waals surface area (Å²) < 4.78 is 26.5. The van der Waals surface area contributed by atoms with E-state index in [2.05, 4.69) is 5.16 Å². The van der Waals surface area contributed by atoms with E-state index in [9.17, 15) is 13.6 Å². The zero-order chi connectivity index (χ0) is 14.6. The van der Waals surface area contributed by atoms with Gasteiger partial charge in [0.25, 0.3) is 5.91 Å². The summed E-state index contributed by atoms with van der Waals surface area (Å²) in [7, 11) is 1.43. The third-order valence-electron chi connectivity index (χ3n) is 2.77. The van der Waals surface area contributed by atoms with Gasteiger partial charge in [-0.25, -0.2) is 8.78 Å². The summed E-state index contributed by atoms with van der Waals surface area (Å²) in [5.41, 5.74) is 4.98. The summed E-state index contributed by atoms with van der Waals surface area (Å²) in [5.74, 6) is -2.21. The van der Waals surface area contributed by atoms with Crippen LogP contribution in [0.25, 0.3) is 0 Å². The predicted molar refractivity (Wildman–Crippen MR) is 65.9 cm³/mol. The molecule has 1 atom stereocenters. The second kappa shape index (κ2) is 6.12. The minimum atomic E-state index is -0.797. The number of carbonyl (C=O) groups excluding carboxylic acids is 1. The fourth-order valence-electron chi connectivity index (χ4n) is 1.53. The van der Waals surface area contributed by atoms with Crippen molar-refractivity contribution in [2.45, 2.75) is 19.4 Å². The highest BCUT2D eigenvalue weighted by atomic mass is 19.1. The number of amidine groups is 1. The molecule has 1 unspecified atom stereocenters. The maximum absolute atomic E-state index is 13.5. The minimum absolute atomic E-state index is 0.0492. The molecular weight excluding hydrogens is 256 g/mol. The van der Waals surface area contributed by atoms with Crippen molar-refractivity contribution in [3.05, 3.63) is 35.4 Å². The lowest BCUT2D eigenvalue weighted by Crippen LogP contribution is -2.38. The molecule has 0 fully saturated rings. The summed E-state index contributed by atoms with van der Waals surface area (Å²) in [6, 6.07) is 2.24. The van der Waals surface area contributed by atoms with E-state index in [1.54, 1.807) is 6.92 Å². The van der Waals surface area contributed by atoms with E-state index in [1.807, 2.05) is 0 Å². The molecular formula is C12H15F2N3O2. The van der Waals surface area contributed by atoms with Crippen molar-refractivity contribution in [3.8, 4) is 0 Å². The Hall–Kier alpha value is -2.18. The van der Waals surface area contributed by atoms with Crippen molar-refractivity contribution < 1.29 is 18.8 Å². The number of nitrogens with two attached hydrogens (primary N) is 1. The van der Waals surface area contributed by atoms with Crippen molar-refractivity contribution >= 4 is 11.7 Å². The van der Waals surface area contributed by atoms with Crippen LogP contribution in [-0.4, -0.2) is 34.9 Å². The van der Waals surface area contributed by atoms with Crippen molar-refractivity contribution in [1.82, 2.24) is 4.90 Å². The van der Waals surface area contributed by atoms with E-state index in [1.165, 1.54) is 11.9 Å². The first kappa shape index (κ1) is 14.9. The molecule has 0 aliphatic rings. The summed E-state index contributed by atoms with van der Waals surface area (Å²) in [6.07, 6.45) is 0.121. The van der Waals surface area contributed by atoms with Crippen LogP contribution in [0.1, 0.15) is 23.7 Å². The molecule has 104 valence electrons. The van der Waals surface area contributed by atoms with Crippen LogP contribution in [0.2, 0.25) is 0 Å². The standard InChI is InChI=1S/C12H15F2N3O2/c1-7(5-11(15)16-19)17(2)12(18)9-6-8(13)3-4-10(9)14/h3-4,6-7,19H,5H2,1-2H3,(H2,15,16). The molecule has 0 aliphatic heterocycles. The molecule has 0 saturated carbocycles. The Kier molecular flexibility index (Phi) is 4.80. The van der Waals surface area contributed by atoms with Gasteiger partial charge < -0.3 is 15.8 Å². The number of rotatable bonds is 4. The molecule has 1 aromatic rings. The van der Waals surface area contributed by atoms with Gasteiger partial charge in [-0.2, -0.15) is 0 Å². The van der Waals surface area contributed by atoms with Crippen LogP contribution in [0.3, 0.4) is 0 Å². The van der Waals surface area contributed by atoms with E-state index < -0.39 is 23.6 Å². The van der Waals surface area contributed by atoms with Gasteiger partial charge in [0.2, 0.25) is 0 Å². The number of hydrogen-bond acceptors (Lipinski definition) is 3. The Morgan fingerprint density at radius 3 is 2.74 bits per heavy atom. The van der Waals surface area contributed by atoms with Gasteiger partial charge in [0.05, 0.1) is 5.56 Å². The van der Waals surface area contributed by atoms with E-state index in [4.69, 9.17) is 10.9 Å². The highest BCUT2D eigenvalue weighted by molar-refractivity contribution is 5.95. The van der Waals surface area contributed by atoms with Crippen LogP contribution in [0.4, 0.5) is 8.78 Å². The number of benzene rings is 1. The van der Waals surface area contributed by atoms with E-state index in [0.717, 1.165) is 18.2 Å². The molecule has 1 rings (SSSR count). The molecule has 0 bridgehead atoms. The Morgan fingerprint density at radius 2 is 2.16 bits per heavy atom. The smallest absolute Gasteiger partial charge is 0.256 e. The number of halogens is 2. The fourth-order valence-corrected chi connectivity index (χ4v) is 1.53. The molecule has 0 saturated heterocycles. The summed E-state index contributed by atoms with van der Waals surface area (Å²) in [4.78, 5) is 13.2. The zero-order valence-electron chi connectivity index (χ0n) is 10.6. The van der Waals surface area contributed by atoms with E-state index in [-0.39, 0.29) is 17.8 Å². The zero-order valence-corrected chi connectivity index (χ0v) is 10.6. The first-order valence-corrected chi connectivity index (χ1v) is 5.55. The molecule has 1 aromatic carbocycles. The van der Waals surface area contributed by atoms with Gasteiger partial charge >= 0.3 is 0 Å². The average molecular weight is 271 g/mol. The van der Waals surface area contributed by atoms with Gasteiger partial charge in [0, 0.05) is 19.5 Å². The molecule has 1 amide bonds. The monoisotopic (exact) mass is 271 g/mol. The maximum Gasteiger partial charge on any atom is 0.256 e. The largest absolute Gasteiger partial charge is 0.409 e. The highest BCUT2D eigenvalue weighted by Crippen LogP contribution is 2.14. The molecule has 7 heteroatoms. The molecule has 5 nitrogen and oxygen atoms in total. The number of hydrogen-bond donors (Lipinski definition) is 2. The lowest BCUT2D eigenvalue weighted by atomic mass is 10.1. The molecule has 3 N–H and O–H groups in total. The number of amides is 1. The van der Waals surface area contributed by atoms with Gasteiger partial charge in [-0.05, 0) is 25.1 Å². The van der Waals surface area contributed by atoms with Gasteiger partial charge in [-0.3, -0.25) is 4.79 Å². The Labute approximate surface area is 109 Å². The lowest BCUT2D eigenvalue weighted by Gasteiger charge is -2.24. The fraction of sp³-hybridized carbons (Fsp3) is 0.333. The normalized spacial score (nSPS) is 13.2. The van der Waals surface area contributed by atoms with Crippen LogP contribution < -0.4 is 5.73 Å². The SMILES string of the molecule is CC(CC(N)=NO)N(C)C(=O)c1cc(F)ccc1F. The first-order chi connectivity index (χ1) is 8.86. The van der Waals surface area contributed by atoms with Crippen LogP contribution in [0.5, 0.6) is 0 Å². The van der Waals surface area contributed by atoms with Crippen LogP contribution in [-0.2, 0) is 0 Å². The Balaban J connectivity index is 2.90. The second-order valence-corrected chi connectivity index (χ2v) is 4.18. The molecule has 0 radical (unpaired) electrons. The van der Waals surface area contributed by atoms with Crippen molar-refractivity contribution in [2.75, 3.05) is 7.05 Å². The van der Waals surface area contributed by atoms with Crippen LogP contribution in [0, 0.1) is 11.6 Å². The molecule has 0 heterocycles. The van der Waals surface area contributed by atoms with Crippen molar-refractivity contribution in [2.24, 2.45) is 10.9 Å².